The minimum atomic E-state index is -1.42. The molecule has 0 heterocycles. The van der Waals surface area contributed by atoms with Gasteiger partial charge < -0.3 is 5.32 Å². The topological polar surface area (TPSA) is 29.1 Å². The van der Waals surface area contributed by atoms with E-state index in [4.69, 9.17) is 0 Å². The fourth-order valence-electron chi connectivity index (χ4n) is 2.38. The van der Waals surface area contributed by atoms with Crippen molar-refractivity contribution in [3.63, 3.8) is 0 Å². The molecule has 2 nitrogen and oxygen atoms in total. The molecule has 0 fully saturated rings. The number of anilines is 1. The fraction of sp³-hybridized carbons (Fsp3) is 0.211. The van der Waals surface area contributed by atoms with Crippen LogP contribution in [0.4, 0.5) is 5.69 Å². The summed E-state index contributed by atoms with van der Waals surface area (Å²) in [7, 11) is -1.42. The maximum Gasteiger partial charge on any atom is 0.221 e. The molecule has 0 unspecified atom stereocenters. The maximum absolute atomic E-state index is 11.5. The number of amides is 1. The van der Waals surface area contributed by atoms with Crippen LogP contribution < -0.4 is 5.32 Å². The van der Waals surface area contributed by atoms with Crippen molar-refractivity contribution < 1.29 is 4.79 Å². The lowest BCUT2D eigenvalue weighted by Crippen LogP contribution is -2.17. The van der Waals surface area contributed by atoms with Gasteiger partial charge in [0.2, 0.25) is 5.91 Å². The number of hydrogen-bond acceptors (Lipinski definition) is 1. The van der Waals surface area contributed by atoms with Crippen molar-refractivity contribution in [3.05, 3.63) is 71.4 Å². The molecule has 2 aromatic rings. The Morgan fingerprint density at radius 1 is 0.955 bits per heavy atom. The molecule has 0 bridgehead atoms. The number of carbonyl (C=O) groups is 1. The SMILES string of the molecule is CC(=O)Nc1ccccc1/C(=C\[Si](C)(C)C)c1ccccc1. The largest absolute Gasteiger partial charge is 0.326 e. The summed E-state index contributed by atoms with van der Waals surface area (Å²) in [5, 5.41) is 2.95. The van der Waals surface area contributed by atoms with E-state index in [1.165, 1.54) is 11.1 Å². The number of nitrogens with one attached hydrogen (secondary N) is 1. The number of carbonyl (C=O) groups excluding carboxylic acids is 1. The van der Waals surface area contributed by atoms with E-state index in [1.807, 2.05) is 24.3 Å². The van der Waals surface area contributed by atoms with Gasteiger partial charge in [-0.2, -0.15) is 0 Å². The van der Waals surface area contributed by atoms with Gasteiger partial charge >= 0.3 is 0 Å². The third kappa shape index (κ3) is 4.43. The quantitative estimate of drug-likeness (QED) is 0.795. The summed E-state index contributed by atoms with van der Waals surface area (Å²) in [6.07, 6.45) is 0. The first-order chi connectivity index (χ1) is 10.4. The molecule has 0 atom stereocenters. The second kappa shape index (κ2) is 6.75. The van der Waals surface area contributed by atoms with Gasteiger partial charge in [0.15, 0.2) is 0 Å². The second-order valence-electron chi connectivity index (χ2n) is 6.52. The Morgan fingerprint density at radius 2 is 1.55 bits per heavy atom. The normalized spacial score (nSPS) is 12.1. The zero-order valence-electron chi connectivity index (χ0n) is 13.7. The van der Waals surface area contributed by atoms with Crippen LogP contribution >= 0.6 is 0 Å². The molecular formula is C19H23NOSi. The highest BCUT2D eigenvalue weighted by atomic mass is 28.3. The van der Waals surface area contributed by atoms with E-state index in [1.54, 1.807) is 6.92 Å². The van der Waals surface area contributed by atoms with Gasteiger partial charge in [-0.15, -0.1) is 0 Å². The molecular weight excluding hydrogens is 286 g/mol. The summed E-state index contributed by atoms with van der Waals surface area (Å²) in [6.45, 7) is 8.49. The predicted molar refractivity (Wildman–Crippen MR) is 97.6 cm³/mol. The van der Waals surface area contributed by atoms with Crippen molar-refractivity contribution in [2.45, 2.75) is 26.6 Å². The molecule has 22 heavy (non-hydrogen) atoms. The maximum atomic E-state index is 11.5. The molecule has 0 aliphatic carbocycles. The van der Waals surface area contributed by atoms with Gasteiger partial charge in [-0.3, -0.25) is 4.79 Å². The van der Waals surface area contributed by atoms with Gasteiger partial charge in [-0.25, -0.2) is 0 Å². The van der Waals surface area contributed by atoms with Crippen molar-refractivity contribution >= 4 is 25.2 Å². The van der Waals surface area contributed by atoms with E-state index in [0.29, 0.717) is 0 Å². The van der Waals surface area contributed by atoms with Crippen LogP contribution in [0.1, 0.15) is 18.1 Å². The minimum absolute atomic E-state index is 0.0483. The van der Waals surface area contributed by atoms with E-state index in [-0.39, 0.29) is 5.91 Å². The minimum Gasteiger partial charge on any atom is -0.326 e. The molecule has 0 aromatic heterocycles. The van der Waals surface area contributed by atoms with E-state index in [9.17, 15) is 4.79 Å². The molecule has 0 radical (unpaired) electrons. The molecule has 1 amide bonds. The van der Waals surface area contributed by atoms with Crippen molar-refractivity contribution in [1.82, 2.24) is 0 Å². The van der Waals surface area contributed by atoms with Crippen molar-refractivity contribution in [2.24, 2.45) is 0 Å². The van der Waals surface area contributed by atoms with Gasteiger partial charge in [0.25, 0.3) is 0 Å². The van der Waals surface area contributed by atoms with E-state index >= 15 is 0 Å². The van der Waals surface area contributed by atoms with Crippen LogP contribution in [0.3, 0.4) is 0 Å². The molecule has 3 heteroatoms. The smallest absolute Gasteiger partial charge is 0.221 e. The summed E-state index contributed by atoms with van der Waals surface area (Å²) < 4.78 is 0. The highest BCUT2D eigenvalue weighted by molar-refractivity contribution is 6.81. The molecule has 114 valence electrons. The van der Waals surface area contributed by atoms with Gasteiger partial charge in [-0.05, 0) is 17.2 Å². The molecule has 0 aliphatic rings. The molecule has 1 N–H and O–H groups in total. The lowest BCUT2D eigenvalue weighted by atomic mass is 9.98. The zero-order chi connectivity index (χ0) is 16.2. The van der Waals surface area contributed by atoms with Crippen molar-refractivity contribution in [1.29, 1.82) is 0 Å². The van der Waals surface area contributed by atoms with E-state index in [2.05, 4.69) is 61.0 Å². The third-order valence-electron chi connectivity index (χ3n) is 3.19. The average molecular weight is 309 g/mol. The number of benzene rings is 2. The molecule has 0 spiro atoms. The van der Waals surface area contributed by atoms with Crippen LogP contribution in [0.15, 0.2) is 60.3 Å². The first-order valence-electron chi connectivity index (χ1n) is 7.52. The van der Waals surface area contributed by atoms with Gasteiger partial charge in [-0.1, -0.05) is 73.9 Å². The van der Waals surface area contributed by atoms with Crippen LogP contribution in [0.2, 0.25) is 19.6 Å². The summed E-state index contributed by atoms with van der Waals surface area (Å²) >= 11 is 0. The summed E-state index contributed by atoms with van der Waals surface area (Å²) in [6, 6.07) is 18.4. The Kier molecular flexibility index (Phi) is 4.98. The first kappa shape index (κ1) is 16.2. The molecule has 0 saturated heterocycles. The second-order valence-corrected chi connectivity index (χ2v) is 11.5. The zero-order valence-corrected chi connectivity index (χ0v) is 14.7. The molecule has 2 aromatic carbocycles. The van der Waals surface area contributed by atoms with E-state index in [0.717, 1.165) is 11.3 Å². The standard InChI is InChI=1S/C19H23NOSi/c1-15(21)20-19-13-9-8-12-17(19)18(14-22(2,3)4)16-10-6-5-7-11-16/h5-14H,1-4H3,(H,20,21)/b18-14-. The van der Waals surface area contributed by atoms with Crippen LogP contribution in [-0.2, 0) is 4.79 Å². The number of hydrogen-bond donors (Lipinski definition) is 1. The summed E-state index contributed by atoms with van der Waals surface area (Å²) in [5.74, 6) is -0.0483. The van der Waals surface area contributed by atoms with Crippen molar-refractivity contribution in [2.75, 3.05) is 5.32 Å². The van der Waals surface area contributed by atoms with Gasteiger partial charge in [0.1, 0.15) is 0 Å². The Morgan fingerprint density at radius 3 is 2.14 bits per heavy atom. The van der Waals surface area contributed by atoms with Crippen LogP contribution in [0.5, 0.6) is 0 Å². The first-order valence-corrected chi connectivity index (χ1v) is 11.1. The Bertz CT molecular complexity index is 684. The number of para-hydroxylation sites is 1. The predicted octanol–water partition coefficient (Wildman–Crippen LogP) is 4.95. The Labute approximate surface area is 133 Å². The molecule has 0 saturated carbocycles. The Hall–Kier alpha value is -2.13. The van der Waals surface area contributed by atoms with Gasteiger partial charge in [0.05, 0.1) is 8.07 Å². The van der Waals surface area contributed by atoms with Crippen LogP contribution in [-0.4, -0.2) is 14.0 Å². The van der Waals surface area contributed by atoms with Crippen LogP contribution in [0.25, 0.3) is 5.57 Å². The Balaban J connectivity index is 2.61. The monoisotopic (exact) mass is 309 g/mol. The highest BCUT2D eigenvalue weighted by Crippen LogP contribution is 2.31. The average Bonchev–Trinajstić information content (AvgIpc) is 2.45. The highest BCUT2D eigenvalue weighted by Gasteiger charge is 2.16. The van der Waals surface area contributed by atoms with Crippen molar-refractivity contribution in [3.8, 4) is 0 Å². The summed E-state index contributed by atoms with van der Waals surface area (Å²) in [4.78, 5) is 11.5. The lowest BCUT2D eigenvalue weighted by Gasteiger charge is -2.18. The van der Waals surface area contributed by atoms with E-state index < -0.39 is 8.07 Å². The lowest BCUT2D eigenvalue weighted by molar-refractivity contribution is -0.114. The molecule has 0 aliphatic heterocycles. The third-order valence-corrected chi connectivity index (χ3v) is 4.34. The fourth-order valence-corrected chi connectivity index (χ4v) is 3.57. The van der Waals surface area contributed by atoms with Gasteiger partial charge in [0, 0.05) is 18.2 Å². The number of rotatable bonds is 4. The summed E-state index contributed by atoms with van der Waals surface area (Å²) in [5.41, 5.74) is 6.71. The molecule has 2 rings (SSSR count). The van der Waals surface area contributed by atoms with Crippen LogP contribution in [0, 0.1) is 0 Å².